The minimum atomic E-state index is -0.349. The maximum Gasteiger partial charge on any atom is 0.282 e. The van der Waals surface area contributed by atoms with E-state index in [1.165, 1.54) is 34.5 Å². The van der Waals surface area contributed by atoms with E-state index in [0.717, 1.165) is 11.3 Å². The van der Waals surface area contributed by atoms with Crippen molar-refractivity contribution in [3.8, 4) is 11.5 Å². The molecular formula is C25H22N2O4S. The van der Waals surface area contributed by atoms with Crippen molar-refractivity contribution >= 4 is 34.4 Å². The number of nitrogens with zero attached hydrogens (tertiary/aromatic N) is 2. The van der Waals surface area contributed by atoms with Crippen LogP contribution in [-0.2, 0) is 22.6 Å². The Bertz CT molecular complexity index is 1230. The molecule has 162 valence electrons. The highest BCUT2D eigenvalue weighted by atomic mass is 32.1. The summed E-state index contributed by atoms with van der Waals surface area (Å²) < 4.78 is 10.8. The molecule has 0 atom stereocenters. The Balaban J connectivity index is 1.62. The Hall–Kier alpha value is -3.58. The molecule has 2 aromatic carbocycles. The van der Waals surface area contributed by atoms with Crippen molar-refractivity contribution in [2.24, 2.45) is 0 Å². The molecule has 6 nitrogen and oxygen atoms in total. The Labute approximate surface area is 190 Å². The van der Waals surface area contributed by atoms with E-state index in [9.17, 15) is 9.59 Å². The van der Waals surface area contributed by atoms with Crippen LogP contribution in [0, 0.1) is 0 Å². The second-order valence-electron chi connectivity index (χ2n) is 7.62. The molecule has 0 bridgehead atoms. The summed E-state index contributed by atoms with van der Waals surface area (Å²) in [6, 6.07) is 17.1. The van der Waals surface area contributed by atoms with Crippen molar-refractivity contribution in [1.82, 2.24) is 4.90 Å². The number of rotatable bonds is 5. The van der Waals surface area contributed by atoms with Crippen LogP contribution >= 0.6 is 11.3 Å². The first-order valence-electron chi connectivity index (χ1n) is 10.3. The lowest BCUT2D eigenvalue weighted by molar-refractivity contribution is -0.120. The van der Waals surface area contributed by atoms with Crippen molar-refractivity contribution in [3.63, 3.8) is 0 Å². The predicted octanol–water partition coefficient (Wildman–Crippen LogP) is 4.11. The van der Waals surface area contributed by atoms with E-state index >= 15 is 0 Å². The van der Waals surface area contributed by atoms with Crippen LogP contribution in [0.3, 0.4) is 0 Å². The highest BCUT2D eigenvalue weighted by Gasteiger charge is 2.44. The van der Waals surface area contributed by atoms with E-state index in [1.807, 2.05) is 34.5 Å². The Morgan fingerprint density at radius 3 is 2.44 bits per heavy atom. The fourth-order valence-corrected chi connectivity index (χ4v) is 5.09. The molecule has 7 heteroatoms. The van der Waals surface area contributed by atoms with Gasteiger partial charge in [-0.1, -0.05) is 30.3 Å². The van der Waals surface area contributed by atoms with Crippen molar-refractivity contribution in [1.29, 1.82) is 0 Å². The third-order valence-corrected chi connectivity index (χ3v) is 6.79. The number of hydrogen-bond acceptors (Lipinski definition) is 6. The van der Waals surface area contributed by atoms with Gasteiger partial charge in [-0.2, -0.15) is 0 Å². The monoisotopic (exact) mass is 446 g/mol. The van der Waals surface area contributed by atoms with Crippen LogP contribution in [0.1, 0.15) is 16.0 Å². The van der Waals surface area contributed by atoms with E-state index in [0.29, 0.717) is 41.5 Å². The van der Waals surface area contributed by atoms with Gasteiger partial charge in [0.15, 0.2) is 0 Å². The molecule has 3 aromatic rings. The standard InChI is InChI=1S/C25H22N2O4S/c1-30-18-9-10-20(31-2)19(14-18)27-24(28)22(21-8-5-13-32-21)23(25(27)29)26-12-11-16-6-3-4-7-17(16)15-26/h3-10,13-14H,11-12,15H2,1-2H3. The Morgan fingerprint density at radius 1 is 0.906 bits per heavy atom. The first-order valence-corrected chi connectivity index (χ1v) is 11.2. The van der Waals surface area contributed by atoms with Gasteiger partial charge in [0.25, 0.3) is 11.8 Å². The number of imide groups is 1. The molecule has 0 aliphatic carbocycles. The van der Waals surface area contributed by atoms with E-state index in [2.05, 4.69) is 12.1 Å². The summed E-state index contributed by atoms with van der Waals surface area (Å²) in [5.74, 6) is 0.282. The number of thiophene rings is 1. The quantitative estimate of drug-likeness (QED) is 0.552. The Kier molecular flexibility index (Phi) is 5.19. The lowest BCUT2D eigenvalue weighted by Crippen LogP contribution is -2.37. The first kappa shape index (κ1) is 20.3. The minimum absolute atomic E-state index is 0.343. The van der Waals surface area contributed by atoms with Crippen LogP contribution in [0.15, 0.2) is 65.7 Å². The van der Waals surface area contributed by atoms with Gasteiger partial charge in [-0.3, -0.25) is 9.59 Å². The molecule has 2 amide bonds. The summed E-state index contributed by atoms with van der Waals surface area (Å²) in [5, 5.41) is 1.91. The van der Waals surface area contributed by atoms with Crippen LogP contribution in [0.2, 0.25) is 0 Å². The summed E-state index contributed by atoms with van der Waals surface area (Å²) in [6.07, 6.45) is 0.821. The molecule has 0 saturated carbocycles. The van der Waals surface area contributed by atoms with E-state index in [4.69, 9.17) is 9.47 Å². The number of methoxy groups -OCH3 is 2. The Morgan fingerprint density at radius 2 is 1.72 bits per heavy atom. The molecule has 2 aliphatic heterocycles. The van der Waals surface area contributed by atoms with Crippen molar-refractivity contribution in [2.45, 2.75) is 13.0 Å². The summed E-state index contributed by atoms with van der Waals surface area (Å²) in [4.78, 5) is 31.6. The van der Waals surface area contributed by atoms with Gasteiger partial charge in [-0.15, -0.1) is 11.3 Å². The lowest BCUT2D eigenvalue weighted by atomic mass is 9.99. The number of amides is 2. The van der Waals surface area contributed by atoms with E-state index in [-0.39, 0.29) is 11.8 Å². The van der Waals surface area contributed by atoms with Gasteiger partial charge < -0.3 is 14.4 Å². The zero-order valence-electron chi connectivity index (χ0n) is 17.8. The largest absolute Gasteiger partial charge is 0.497 e. The molecule has 1 aromatic heterocycles. The number of hydrogen-bond donors (Lipinski definition) is 0. The number of ether oxygens (including phenoxy) is 2. The van der Waals surface area contributed by atoms with Gasteiger partial charge in [0.2, 0.25) is 0 Å². The number of carbonyl (C=O) groups is 2. The van der Waals surface area contributed by atoms with Crippen molar-refractivity contribution in [2.75, 3.05) is 25.7 Å². The van der Waals surface area contributed by atoms with Crippen LogP contribution < -0.4 is 14.4 Å². The smallest absolute Gasteiger partial charge is 0.282 e. The molecular weight excluding hydrogens is 424 g/mol. The number of carbonyl (C=O) groups excluding carboxylic acids is 2. The fraction of sp³-hybridized carbons (Fsp3) is 0.200. The van der Waals surface area contributed by atoms with Gasteiger partial charge in [0.1, 0.15) is 17.2 Å². The zero-order chi connectivity index (χ0) is 22.2. The highest BCUT2D eigenvalue weighted by Crippen LogP contribution is 2.42. The van der Waals surface area contributed by atoms with Crippen LogP contribution in [0.5, 0.6) is 11.5 Å². The first-order chi connectivity index (χ1) is 15.6. The maximum absolute atomic E-state index is 13.8. The van der Waals surface area contributed by atoms with E-state index < -0.39 is 0 Å². The fourth-order valence-electron chi connectivity index (χ4n) is 4.33. The number of anilines is 1. The van der Waals surface area contributed by atoms with Gasteiger partial charge in [0, 0.05) is 24.0 Å². The van der Waals surface area contributed by atoms with Crippen molar-refractivity contribution < 1.29 is 19.1 Å². The third-order valence-electron chi connectivity index (χ3n) is 5.90. The number of benzene rings is 2. The van der Waals surface area contributed by atoms with E-state index in [1.54, 1.807) is 25.3 Å². The summed E-state index contributed by atoms with van der Waals surface area (Å²) in [5.41, 5.74) is 3.72. The molecule has 5 rings (SSSR count). The maximum atomic E-state index is 13.8. The molecule has 2 aliphatic rings. The zero-order valence-corrected chi connectivity index (χ0v) is 18.6. The van der Waals surface area contributed by atoms with Gasteiger partial charge in [0.05, 0.1) is 25.5 Å². The predicted molar refractivity (Wildman–Crippen MR) is 124 cm³/mol. The average molecular weight is 447 g/mol. The number of fused-ring (bicyclic) bond motifs is 1. The highest BCUT2D eigenvalue weighted by molar-refractivity contribution is 7.11. The molecule has 0 radical (unpaired) electrons. The summed E-state index contributed by atoms with van der Waals surface area (Å²) in [6.45, 7) is 1.26. The summed E-state index contributed by atoms with van der Waals surface area (Å²) in [7, 11) is 3.07. The molecule has 0 fully saturated rings. The topological polar surface area (TPSA) is 59.1 Å². The van der Waals surface area contributed by atoms with Crippen LogP contribution in [0.4, 0.5) is 5.69 Å². The second-order valence-corrected chi connectivity index (χ2v) is 8.57. The second kappa shape index (κ2) is 8.16. The molecule has 0 spiro atoms. The molecule has 0 saturated heterocycles. The third kappa shape index (κ3) is 3.26. The van der Waals surface area contributed by atoms with Crippen LogP contribution in [0.25, 0.3) is 5.57 Å². The molecule has 0 N–H and O–H groups in total. The van der Waals surface area contributed by atoms with Gasteiger partial charge >= 0.3 is 0 Å². The van der Waals surface area contributed by atoms with Crippen molar-refractivity contribution in [3.05, 3.63) is 81.7 Å². The molecule has 3 heterocycles. The average Bonchev–Trinajstić information content (AvgIpc) is 3.44. The van der Waals surface area contributed by atoms with Gasteiger partial charge in [-0.05, 0) is 41.1 Å². The SMILES string of the molecule is COc1ccc(OC)c(N2C(=O)C(c3cccs3)=C(N3CCc4ccccc4C3)C2=O)c1. The summed E-state index contributed by atoms with van der Waals surface area (Å²) >= 11 is 1.45. The molecule has 0 unspecified atom stereocenters. The minimum Gasteiger partial charge on any atom is -0.497 e. The van der Waals surface area contributed by atoms with Crippen LogP contribution in [-0.4, -0.2) is 37.5 Å². The molecule has 32 heavy (non-hydrogen) atoms. The van der Waals surface area contributed by atoms with Gasteiger partial charge in [-0.25, -0.2) is 4.90 Å². The lowest BCUT2D eigenvalue weighted by Gasteiger charge is -2.31. The normalized spacial score (nSPS) is 15.9.